The molecule has 2 amide bonds. The van der Waals surface area contributed by atoms with Gasteiger partial charge < -0.3 is 19.7 Å². The molecule has 0 spiro atoms. The smallest absolute Gasteiger partial charge is 0.264 e. The minimum Gasteiger partial charge on any atom is -0.497 e. The maximum atomic E-state index is 14.0. The van der Waals surface area contributed by atoms with Crippen molar-refractivity contribution in [3.05, 3.63) is 83.4 Å². The van der Waals surface area contributed by atoms with Crippen LogP contribution in [0, 0.1) is 0 Å². The molecule has 214 valence electrons. The molecule has 0 aliphatic carbocycles. The summed E-state index contributed by atoms with van der Waals surface area (Å²) in [5.41, 5.74) is 0.794. The molecule has 0 fully saturated rings. The van der Waals surface area contributed by atoms with Gasteiger partial charge in [-0.2, -0.15) is 0 Å². The summed E-state index contributed by atoms with van der Waals surface area (Å²) in [6, 6.07) is 18.3. The van der Waals surface area contributed by atoms with Crippen molar-refractivity contribution >= 4 is 39.1 Å². The molecule has 0 saturated heterocycles. The zero-order valence-corrected chi connectivity index (χ0v) is 24.7. The number of sulfonamides is 1. The van der Waals surface area contributed by atoms with Gasteiger partial charge in [0.05, 0.1) is 24.8 Å². The maximum absolute atomic E-state index is 14.0. The summed E-state index contributed by atoms with van der Waals surface area (Å²) in [7, 11) is -1.32. The second-order valence-electron chi connectivity index (χ2n) is 9.35. The second-order valence-corrected chi connectivity index (χ2v) is 11.7. The number of carbonyl (C=O) groups excluding carboxylic acids is 2. The summed E-state index contributed by atoms with van der Waals surface area (Å²) in [6.07, 6.45) is 0. The molecule has 0 radical (unpaired) electrons. The first-order valence-electron chi connectivity index (χ1n) is 12.6. The number of anilines is 1. The van der Waals surface area contributed by atoms with Gasteiger partial charge in [0.1, 0.15) is 24.1 Å². The van der Waals surface area contributed by atoms with Crippen LogP contribution in [-0.4, -0.2) is 58.0 Å². The first kappa shape index (κ1) is 30.8. The van der Waals surface area contributed by atoms with E-state index < -0.39 is 28.5 Å². The molecule has 0 heterocycles. The molecule has 3 aromatic rings. The molecule has 40 heavy (non-hydrogen) atoms. The number of carbonyl (C=O) groups is 2. The summed E-state index contributed by atoms with van der Waals surface area (Å²) in [5, 5.41) is 3.08. The number of halogens is 1. The Bertz CT molecular complexity index is 1430. The molecule has 3 rings (SSSR count). The quantitative estimate of drug-likeness (QED) is 0.335. The predicted octanol–water partition coefficient (Wildman–Crippen LogP) is 4.49. The molecule has 0 unspecified atom stereocenters. The Morgan fingerprint density at radius 3 is 2.25 bits per heavy atom. The number of nitrogens with zero attached hydrogens (tertiary/aromatic N) is 2. The van der Waals surface area contributed by atoms with Gasteiger partial charge in [-0.1, -0.05) is 41.9 Å². The highest BCUT2D eigenvalue weighted by Crippen LogP contribution is 2.35. The van der Waals surface area contributed by atoms with E-state index in [2.05, 4.69) is 5.32 Å². The fourth-order valence-electron chi connectivity index (χ4n) is 4.05. The maximum Gasteiger partial charge on any atom is 0.264 e. The molecule has 1 N–H and O–H groups in total. The minimum atomic E-state index is -4.25. The van der Waals surface area contributed by atoms with Crippen molar-refractivity contribution in [2.45, 2.75) is 44.3 Å². The van der Waals surface area contributed by atoms with Crippen molar-refractivity contribution in [1.29, 1.82) is 0 Å². The lowest BCUT2D eigenvalue weighted by Crippen LogP contribution is -2.52. The van der Waals surface area contributed by atoms with Gasteiger partial charge in [0.15, 0.2) is 0 Å². The third-order valence-corrected chi connectivity index (χ3v) is 8.11. The number of methoxy groups -OCH3 is 2. The first-order valence-corrected chi connectivity index (χ1v) is 14.4. The van der Waals surface area contributed by atoms with Gasteiger partial charge in [-0.05, 0) is 68.8 Å². The highest BCUT2D eigenvalue weighted by molar-refractivity contribution is 7.92. The third kappa shape index (κ3) is 7.45. The first-order chi connectivity index (χ1) is 19.0. The highest BCUT2D eigenvalue weighted by atomic mass is 35.5. The van der Waals surface area contributed by atoms with Crippen LogP contribution in [0.15, 0.2) is 77.7 Å². The number of hydrogen-bond donors (Lipinski definition) is 1. The van der Waals surface area contributed by atoms with Crippen molar-refractivity contribution in [2.75, 3.05) is 25.1 Å². The lowest BCUT2D eigenvalue weighted by atomic mass is 10.1. The van der Waals surface area contributed by atoms with Crippen LogP contribution in [0.5, 0.6) is 11.5 Å². The van der Waals surface area contributed by atoms with Crippen LogP contribution in [0.3, 0.4) is 0 Å². The lowest BCUT2D eigenvalue weighted by Gasteiger charge is -2.32. The van der Waals surface area contributed by atoms with Crippen LogP contribution in [0.2, 0.25) is 5.02 Å². The van der Waals surface area contributed by atoms with E-state index in [1.807, 2.05) is 13.8 Å². The van der Waals surface area contributed by atoms with E-state index in [0.717, 1.165) is 4.31 Å². The Morgan fingerprint density at radius 1 is 0.925 bits per heavy atom. The SMILES string of the molecule is COc1cccc(CN(C(=O)CN(c2cc(Cl)ccc2OC)S(=O)(=O)c2ccccc2)[C@H](C)C(=O)NC(C)C)c1. The standard InChI is InChI=1S/C29H34ClN3O6S/c1-20(2)31-29(35)21(3)32(18-22-10-9-11-24(16-22)38-4)28(34)19-33(26-17-23(30)14-15-27(26)39-5)40(36,37)25-12-7-6-8-13-25/h6-17,20-21H,18-19H2,1-5H3,(H,31,35)/t21-/m1/s1. The Balaban J connectivity index is 2.10. The average Bonchev–Trinajstić information content (AvgIpc) is 2.94. The molecule has 0 aliphatic rings. The van der Waals surface area contributed by atoms with Gasteiger partial charge in [0, 0.05) is 17.6 Å². The van der Waals surface area contributed by atoms with Crippen LogP contribution in [-0.2, 0) is 26.2 Å². The number of hydrogen-bond acceptors (Lipinski definition) is 6. The van der Waals surface area contributed by atoms with Crippen LogP contribution in [0.1, 0.15) is 26.3 Å². The van der Waals surface area contributed by atoms with E-state index in [1.54, 1.807) is 55.5 Å². The van der Waals surface area contributed by atoms with Gasteiger partial charge in [-0.25, -0.2) is 8.42 Å². The van der Waals surface area contributed by atoms with E-state index in [4.69, 9.17) is 21.1 Å². The fraction of sp³-hybridized carbons (Fsp3) is 0.310. The topological polar surface area (TPSA) is 105 Å². The van der Waals surface area contributed by atoms with Crippen LogP contribution >= 0.6 is 11.6 Å². The van der Waals surface area contributed by atoms with E-state index in [-0.39, 0.29) is 39.8 Å². The molecule has 3 aromatic carbocycles. The molecule has 1 atom stereocenters. The monoisotopic (exact) mass is 587 g/mol. The molecule has 9 nitrogen and oxygen atoms in total. The van der Waals surface area contributed by atoms with Gasteiger partial charge in [-0.3, -0.25) is 13.9 Å². The number of nitrogens with one attached hydrogen (secondary N) is 1. The third-order valence-electron chi connectivity index (χ3n) is 6.10. The van der Waals surface area contributed by atoms with Crippen molar-refractivity contribution < 1.29 is 27.5 Å². The molecule has 0 bridgehead atoms. The summed E-state index contributed by atoms with van der Waals surface area (Å²) < 4.78 is 39.6. The van der Waals surface area contributed by atoms with Crippen LogP contribution in [0.4, 0.5) is 5.69 Å². The van der Waals surface area contributed by atoms with Gasteiger partial charge in [-0.15, -0.1) is 0 Å². The lowest BCUT2D eigenvalue weighted by molar-refractivity contribution is -0.139. The minimum absolute atomic E-state index is 0.0187. The van der Waals surface area contributed by atoms with Gasteiger partial charge in [0.2, 0.25) is 11.8 Å². The van der Waals surface area contributed by atoms with Gasteiger partial charge >= 0.3 is 0 Å². The number of rotatable bonds is 12. The van der Waals surface area contributed by atoms with Gasteiger partial charge in [0.25, 0.3) is 10.0 Å². The van der Waals surface area contributed by atoms with Crippen molar-refractivity contribution in [2.24, 2.45) is 0 Å². The zero-order chi connectivity index (χ0) is 29.4. The highest BCUT2D eigenvalue weighted by Gasteiger charge is 2.34. The Labute approximate surface area is 240 Å². The Morgan fingerprint density at radius 2 is 1.62 bits per heavy atom. The average molecular weight is 588 g/mol. The largest absolute Gasteiger partial charge is 0.497 e. The summed E-state index contributed by atoms with van der Waals surface area (Å²) in [4.78, 5) is 28.4. The molecule has 0 saturated carbocycles. The van der Waals surface area contributed by atoms with Crippen molar-refractivity contribution in [3.8, 4) is 11.5 Å². The molecule has 0 aliphatic heterocycles. The van der Waals surface area contributed by atoms with Crippen LogP contribution in [0.25, 0.3) is 0 Å². The Hall–Kier alpha value is -3.76. The Kier molecular flexibility index (Phi) is 10.4. The molecule has 11 heteroatoms. The number of benzene rings is 3. The normalized spacial score (nSPS) is 12.0. The van der Waals surface area contributed by atoms with Crippen LogP contribution < -0.4 is 19.1 Å². The van der Waals surface area contributed by atoms with Crippen molar-refractivity contribution in [1.82, 2.24) is 10.2 Å². The van der Waals surface area contributed by atoms with E-state index in [9.17, 15) is 18.0 Å². The summed E-state index contributed by atoms with van der Waals surface area (Å²) in [6.45, 7) is 4.66. The van der Waals surface area contributed by atoms with E-state index in [1.165, 1.54) is 43.4 Å². The predicted molar refractivity (Wildman–Crippen MR) is 155 cm³/mol. The molecule has 0 aromatic heterocycles. The van der Waals surface area contributed by atoms with E-state index in [0.29, 0.717) is 11.3 Å². The van der Waals surface area contributed by atoms with Crippen molar-refractivity contribution in [3.63, 3.8) is 0 Å². The summed E-state index contributed by atoms with van der Waals surface area (Å²) in [5.74, 6) is -0.178. The molecular formula is C29H34ClN3O6S. The summed E-state index contributed by atoms with van der Waals surface area (Å²) >= 11 is 6.25. The fourth-order valence-corrected chi connectivity index (χ4v) is 5.65. The van der Waals surface area contributed by atoms with E-state index >= 15 is 0 Å². The number of ether oxygens (including phenoxy) is 2. The number of amides is 2. The molecular weight excluding hydrogens is 554 g/mol. The zero-order valence-electron chi connectivity index (χ0n) is 23.1. The second kappa shape index (κ2) is 13.5.